The summed E-state index contributed by atoms with van der Waals surface area (Å²) in [6.07, 6.45) is 2.27. The number of benzene rings is 3. The van der Waals surface area contributed by atoms with Crippen LogP contribution in [-0.2, 0) is 11.3 Å². The summed E-state index contributed by atoms with van der Waals surface area (Å²) >= 11 is 0. The Morgan fingerprint density at radius 1 is 1.06 bits per heavy atom. The molecule has 0 radical (unpaired) electrons. The van der Waals surface area contributed by atoms with Gasteiger partial charge in [0.25, 0.3) is 5.91 Å². The Kier molecular flexibility index (Phi) is 4.85. The highest BCUT2D eigenvalue weighted by Crippen LogP contribution is 2.48. The van der Waals surface area contributed by atoms with E-state index in [0.717, 1.165) is 35.3 Å². The molecule has 1 fully saturated rings. The van der Waals surface area contributed by atoms with Gasteiger partial charge in [0.15, 0.2) is 6.61 Å². The van der Waals surface area contributed by atoms with E-state index in [0.29, 0.717) is 11.7 Å². The Balaban J connectivity index is 1.41. The number of halogens is 2. The third-order valence-corrected chi connectivity index (χ3v) is 5.96. The first-order valence-electron chi connectivity index (χ1n) is 10.4. The SMILES string of the molecule is CN1C(=O)COc2cc(-c3ccc(NCc4c(F)cccc4F)cc3)c(C3CC3)cc21. The Bertz CT molecular complexity index is 1140. The molecule has 0 unspecified atom stereocenters. The summed E-state index contributed by atoms with van der Waals surface area (Å²) in [4.78, 5) is 13.7. The van der Waals surface area contributed by atoms with Crippen LogP contribution in [0.3, 0.4) is 0 Å². The van der Waals surface area contributed by atoms with E-state index >= 15 is 0 Å². The van der Waals surface area contributed by atoms with Gasteiger partial charge < -0.3 is 15.0 Å². The smallest absolute Gasteiger partial charge is 0.264 e. The van der Waals surface area contributed by atoms with Crippen LogP contribution in [0, 0.1) is 11.6 Å². The zero-order valence-corrected chi connectivity index (χ0v) is 17.1. The predicted molar refractivity (Wildman–Crippen MR) is 116 cm³/mol. The lowest BCUT2D eigenvalue weighted by molar-refractivity contribution is -0.120. The maximum absolute atomic E-state index is 13.8. The molecule has 1 N–H and O–H groups in total. The molecular weight excluding hydrogens is 398 g/mol. The first kappa shape index (κ1) is 19.5. The number of fused-ring (bicyclic) bond motifs is 1. The number of likely N-dealkylation sites (N-methyl/N-ethyl adjacent to an activating group) is 1. The Morgan fingerprint density at radius 3 is 2.45 bits per heavy atom. The van der Waals surface area contributed by atoms with Gasteiger partial charge in [0.05, 0.1) is 5.69 Å². The van der Waals surface area contributed by atoms with Crippen LogP contribution in [0.25, 0.3) is 11.1 Å². The van der Waals surface area contributed by atoms with Crippen LogP contribution >= 0.6 is 0 Å². The minimum Gasteiger partial charge on any atom is -0.482 e. The van der Waals surface area contributed by atoms with Crippen molar-refractivity contribution >= 4 is 17.3 Å². The number of anilines is 2. The van der Waals surface area contributed by atoms with Gasteiger partial charge in [0.2, 0.25) is 0 Å². The number of hydrogen-bond donors (Lipinski definition) is 1. The molecule has 6 heteroatoms. The number of ether oxygens (including phenoxy) is 1. The predicted octanol–water partition coefficient (Wildman–Crippen LogP) is 5.48. The van der Waals surface area contributed by atoms with Crippen molar-refractivity contribution in [1.29, 1.82) is 0 Å². The van der Waals surface area contributed by atoms with Gasteiger partial charge in [-0.15, -0.1) is 0 Å². The van der Waals surface area contributed by atoms with E-state index in [2.05, 4.69) is 11.4 Å². The van der Waals surface area contributed by atoms with Gasteiger partial charge in [-0.25, -0.2) is 8.78 Å². The van der Waals surface area contributed by atoms with Crippen molar-refractivity contribution in [2.75, 3.05) is 23.9 Å². The molecule has 3 aromatic rings. The van der Waals surface area contributed by atoms with Gasteiger partial charge in [-0.3, -0.25) is 4.79 Å². The Hall–Kier alpha value is -3.41. The van der Waals surface area contributed by atoms with Gasteiger partial charge in [0, 0.05) is 24.8 Å². The fraction of sp³-hybridized carbons (Fsp3) is 0.240. The molecule has 1 amide bonds. The van der Waals surface area contributed by atoms with Crippen LogP contribution in [-0.4, -0.2) is 19.6 Å². The number of carbonyl (C=O) groups excluding carboxylic acids is 1. The number of amides is 1. The molecule has 0 saturated heterocycles. The molecule has 0 spiro atoms. The van der Waals surface area contributed by atoms with Gasteiger partial charge in [0.1, 0.15) is 17.4 Å². The minimum absolute atomic E-state index is 0.0214. The van der Waals surface area contributed by atoms with E-state index in [4.69, 9.17) is 4.74 Å². The zero-order chi connectivity index (χ0) is 21.5. The van der Waals surface area contributed by atoms with Crippen molar-refractivity contribution in [3.63, 3.8) is 0 Å². The summed E-state index contributed by atoms with van der Waals surface area (Å²) in [7, 11) is 1.78. The minimum atomic E-state index is -0.560. The van der Waals surface area contributed by atoms with Crippen LogP contribution in [0.15, 0.2) is 54.6 Å². The number of carbonyl (C=O) groups is 1. The van der Waals surface area contributed by atoms with Gasteiger partial charge in [-0.05, 0) is 71.8 Å². The van der Waals surface area contributed by atoms with Gasteiger partial charge >= 0.3 is 0 Å². The number of nitrogens with one attached hydrogen (secondary N) is 1. The molecule has 3 aromatic carbocycles. The quantitative estimate of drug-likeness (QED) is 0.595. The van der Waals surface area contributed by atoms with Crippen LogP contribution < -0.4 is 15.0 Å². The summed E-state index contributed by atoms with van der Waals surface area (Å²) in [6, 6.07) is 15.8. The van der Waals surface area contributed by atoms with E-state index in [-0.39, 0.29) is 24.6 Å². The maximum atomic E-state index is 13.8. The van der Waals surface area contributed by atoms with Crippen molar-refractivity contribution in [3.05, 3.63) is 77.4 Å². The van der Waals surface area contributed by atoms with Gasteiger partial charge in [-0.2, -0.15) is 0 Å². The van der Waals surface area contributed by atoms with E-state index in [9.17, 15) is 13.6 Å². The largest absolute Gasteiger partial charge is 0.482 e. The molecule has 31 heavy (non-hydrogen) atoms. The standard InChI is InChI=1S/C25H22F2N2O2/c1-29-23-11-18(15-5-6-15)19(12-24(23)31-14-25(29)30)16-7-9-17(10-8-16)28-13-20-21(26)3-2-4-22(20)27/h2-4,7-12,15,28H,5-6,13-14H2,1H3. The number of rotatable bonds is 5. The molecule has 0 bridgehead atoms. The van der Waals surface area contributed by atoms with Crippen LogP contribution in [0.2, 0.25) is 0 Å². The highest BCUT2D eigenvalue weighted by Gasteiger charge is 2.31. The molecule has 1 heterocycles. The van der Waals surface area contributed by atoms with E-state index in [1.54, 1.807) is 11.9 Å². The Morgan fingerprint density at radius 2 is 1.77 bits per heavy atom. The molecule has 1 aliphatic carbocycles. The molecule has 0 aromatic heterocycles. The van der Waals surface area contributed by atoms with Crippen molar-refractivity contribution in [2.45, 2.75) is 25.3 Å². The number of hydrogen-bond acceptors (Lipinski definition) is 3. The average Bonchev–Trinajstić information content (AvgIpc) is 3.61. The summed E-state index contributed by atoms with van der Waals surface area (Å²) in [6.45, 7) is 0.111. The second-order valence-electron chi connectivity index (χ2n) is 8.05. The molecular formula is C25H22F2N2O2. The first-order chi connectivity index (χ1) is 15.0. The summed E-state index contributed by atoms with van der Waals surface area (Å²) in [5, 5.41) is 3.08. The van der Waals surface area contributed by atoms with Crippen LogP contribution in [0.1, 0.15) is 29.9 Å². The zero-order valence-electron chi connectivity index (χ0n) is 17.1. The average molecular weight is 420 g/mol. The van der Waals surface area contributed by atoms with Crippen molar-refractivity contribution < 1.29 is 18.3 Å². The van der Waals surface area contributed by atoms with Gasteiger partial charge in [-0.1, -0.05) is 18.2 Å². The van der Waals surface area contributed by atoms with E-state index in [1.807, 2.05) is 30.3 Å². The van der Waals surface area contributed by atoms with E-state index in [1.165, 1.54) is 23.8 Å². The third-order valence-electron chi connectivity index (χ3n) is 5.96. The normalized spacial score (nSPS) is 15.5. The van der Waals surface area contributed by atoms with Crippen molar-refractivity contribution in [3.8, 4) is 16.9 Å². The molecule has 4 nitrogen and oxygen atoms in total. The lowest BCUT2D eigenvalue weighted by Gasteiger charge is -2.27. The molecule has 0 atom stereocenters. The molecule has 1 aliphatic heterocycles. The fourth-order valence-corrected chi connectivity index (χ4v) is 3.97. The van der Waals surface area contributed by atoms with E-state index < -0.39 is 11.6 Å². The highest BCUT2D eigenvalue weighted by atomic mass is 19.1. The summed E-state index contributed by atoms with van der Waals surface area (Å²) in [5.74, 6) is 0.0291. The monoisotopic (exact) mass is 420 g/mol. The van der Waals surface area contributed by atoms with Crippen molar-refractivity contribution in [1.82, 2.24) is 0 Å². The third kappa shape index (κ3) is 3.74. The van der Waals surface area contributed by atoms with Crippen LogP contribution in [0.5, 0.6) is 5.75 Å². The molecule has 5 rings (SSSR count). The Labute approximate surface area is 179 Å². The van der Waals surface area contributed by atoms with Crippen LogP contribution in [0.4, 0.5) is 20.2 Å². The summed E-state index contributed by atoms with van der Waals surface area (Å²) < 4.78 is 33.4. The second-order valence-corrected chi connectivity index (χ2v) is 8.05. The highest BCUT2D eigenvalue weighted by molar-refractivity contribution is 5.98. The first-order valence-corrected chi connectivity index (χ1v) is 10.4. The maximum Gasteiger partial charge on any atom is 0.264 e. The molecule has 1 saturated carbocycles. The number of nitrogens with zero attached hydrogens (tertiary/aromatic N) is 1. The van der Waals surface area contributed by atoms with Crippen molar-refractivity contribution in [2.24, 2.45) is 0 Å². The topological polar surface area (TPSA) is 41.6 Å². The molecule has 2 aliphatic rings. The summed E-state index contributed by atoms with van der Waals surface area (Å²) in [5.41, 5.74) is 4.96. The lowest BCUT2D eigenvalue weighted by Crippen LogP contribution is -2.35. The second kappa shape index (κ2) is 7.69. The fourth-order valence-electron chi connectivity index (χ4n) is 3.97. The lowest BCUT2D eigenvalue weighted by atomic mass is 9.94. The molecule has 158 valence electrons.